The van der Waals surface area contributed by atoms with Crippen molar-refractivity contribution < 1.29 is 4.79 Å². The van der Waals surface area contributed by atoms with Gasteiger partial charge in [-0.25, -0.2) is 4.98 Å². The number of anilines is 1. The summed E-state index contributed by atoms with van der Waals surface area (Å²) in [7, 11) is 3.92. The zero-order chi connectivity index (χ0) is 17.1. The van der Waals surface area contributed by atoms with E-state index < -0.39 is 0 Å². The Bertz CT molecular complexity index is 867. The molecule has 5 nitrogen and oxygen atoms in total. The zero-order valence-corrected chi connectivity index (χ0v) is 14.3. The third-order valence-corrected chi connectivity index (χ3v) is 4.09. The zero-order valence-electron chi connectivity index (χ0n) is 14.3. The number of rotatable bonds is 5. The quantitative estimate of drug-likeness (QED) is 0.786. The smallest absolute Gasteiger partial charge is 0.251 e. The molecule has 124 valence electrons. The number of amides is 1. The first-order valence-corrected chi connectivity index (χ1v) is 8.04. The van der Waals surface area contributed by atoms with E-state index in [0.29, 0.717) is 18.7 Å². The Morgan fingerprint density at radius 1 is 1.17 bits per heavy atom. The van der Waals surface area contributed by atoms with E-state index in [2.05, 4.69) is 20.9 Å². The summed E-state index contributed by atoms with van der Waals surface area (Å²) in [5, 5.41) is 2.99. The molecule has 0 aliphatic carbocycles. The number of nitrogens with one attached hydrogen (secondary N) is 1. The number of para-hydroxylation sites is 2. The largest absolute Gasteiger partial charge is 0.378 e. The Morgan fingerprint density at radius 3 is 2.75 bits per heavy atom. The van der Waals surface area contributed by atoms with Crippen LogP contribution < -0.4 is 10.2 Å². The second-order valence-corrected chi connectivity index (χ2v) is 6.00. The number of carbonyl (C=O) groups is 1. The molecule has 0 spiro atoms. The lowest BCUT2D eigenvalue weighted by atomic mass is 10.2. The van der Waals surface area contributed by atoms with E-state index in [-0.39, 0.29) is 5.91 Å². The van der Waals surface area contributed by atoms with E-state index in [4.69, 9.17) is 0 Å². The number of imidazole rings is 1. The molecule has 0 fully saturated rings. The maximum absolute atomic E-state index is 12.3. The second kappa shape index (κ2) is 6.74. The Kier molecular flexibility index (Phi) is 4.51. The van der Waals surface area contributed by atoms with Crippen LogP contribution in [0, 0.1) is 6.92 Å². The molecule has 1 aromatic heterocycles. The number of carbonyl (C=O) groups excluding carboxylic acids is 1. The van der Waals surface area contributed by atoms with Gasteiger partial charge >= 0.3 is 0 Å². The molecular formula is C19H22N4O. The summed E-state index contributed by atoms with van der Waals surface area (Å²) < 4.78 is 2.13. The molecule has 1 heterocycles. The fourth-order valence-corrected chi connectivity index (χ4v) is 2.79. The van der Waals surface area contributed by atoms with Gasteiger partial charge in [-0.15, -0.1) is 0 Å². The summed E-state index contributed by atoms with van der Waals surface area (Å²) in [6, 6.07) is 15.7. The molecule has 0 radical (unpaired) electrons. The maximum Gasteiger partial charge on any atom is 0.251 e. The molecule has 24 heavy (non-hydrogen) atoms. The second-order valence-electron chi connectivity index (χ2n) is 6.00. The minimum atomic E-state index is -0.0548. The summed E-state index contributed by atoms with van der Waals surface area (Å²) >= 11 is 0. The van der Waals surface area contributed by atoms with Gasteiger partial charge in [0.25, 0.3) is 5.91 Å². The third kappa shape index (κ3) is 3.25. The summed E-state index contributed by atoms with van der Waals surface area (Å²) in [5.74, 6) is 0.904. The highest BCUT2D eigenvalue weighted by molar-refractivity contribution is 5.95. The number of hydrogen-bond donors (Lipinski definition) is 1. The van der Waals surface area contributed by atoms with E-state index in [9.17, 15) is 4.79 Å². The summed E-state index contributed by atoms with van der Waals surface area (Å²) in [4.78, 5) is 18.9. The van der Waals surface area contributed by atoms with Crippen LogP contribution in [0.15, 0.2) is 48.5 Å². The number of fused-ring (bicyclic) bond motifs is 1. The van der Waals surface area contributed by atoms with Crippen LogP contribution in [0.3, 0.4) is 0 Å². The van der Waals surface area contributed by atoms with Crippen molar-refractivity contribution >= 4 is 22.6 Å². The monoisotopic (exact) mass is 322 g/mol. The third-order valence-electron chi connectivity index (χ3n) is 4.09. The predicted octanol–water partition coefficient (Wildman–Crippen LogP) is 2.84. The molecule has 0 atom stereocenters. The molecule has 5 heteroatoms. The molecule has 0 aliphatic heterocycles. The van der Waals surface area contributed by atoms with Gasteiger partial charge in [-0.2, -0.15) is 0 Å². The van der Waals surface area contributed by atoms with Crippen molar-refractivity contribution in [2.75, 3.05) is 25.5 Å². The van der Waals surface area contributed by atoms with Gasteiger partial charge in [0.1, 0.15) is 5.82 Å². The normalized spacial score (nSPS) is 10.8. The molecule has 1 N–H and O–H groups in total. The first-order valence-electron chi connectivity index (χ1n) is 8.04. The van der Waals surface area contributed by atoms with Crippen LogP contribution in [0.1, 0.15) is 16.2 Å². The summed E-state index contributed by atoms with van der Waals surface area (Å²) in [6.45, 7) is 3.25. The van der Waals surface area contributed by atoms with Crippen LogP contribution >= 0.6 is 0 Å². The lowest BCUT2D eigenvalue weighted by Crippen LogP contribution is -2.27. The van der Waals surface area contributed by atoms with E-state index >= 15 is 0 Å². The van der Waals surface area contributed by atoms with Gasteiger partial charge in [0.05, 0.1) is 11.0 Å². The SMILES string of the molecule is Cc1nc2ccccc2n1CCNC(=O)c1cccc(N(C)C)c1. The van der Waals surface area contributed by atoms with Crippen molar-refractivity contribution in [2.24, 2.45) is 0 Å². The Hall–Kier alpha value is -2.82. The van der Waals surface area contributed by atoms with E-state index in [0.717, 1.165) is 22.5 Å². The van der Waals surface area contributed by atoms with Gasteiger partial charge in [-0.05, 0) is 37.3 Å². The number of nitrogens with zero attached hydrogens (tertiary/aromatic N) is 3. The molecule has 0 unspecified atom stereocenters. The topological polar surface area (TPSA) is 50.2 Å². The van der Waals surface area contributed by atoms with Gasteiger partial charge in [-0.1, -0.05) is 18.2 Å². The minimum Gasteiger partial charge on any atom is -0.378 e. The van der Waals surface area contributed by atoms with Crippen LogP contribution in [0.5, 0.6) is 0 Å². The fraction of sp³-hybridized carbons (Fsp3) is 0.263. The van der Waals surface area contributed by atoms with Gasteiger partial charge < -0.3 is 14.8 Å². The summed E-state index contributed by atoms with van der Waals surface area (Å²) in [5.41, 5.74) is 3.77. The molecule has 0 aliphatic rings. The van der Waals surface area contributed by atoms with Gasteiger partial charge in [-0.3, -0.25) is 4.79 Å². The summed E-state index contributed by atoms with van der Waals surface area (Å²) in [6.07, 6.45) is 0. The number of aromatic nitrogens is 2. The van der Waals surface area contributed by atoms with Crippen LogP contribution in [-0.2, 0) is 6.54 Å². The first-order chi connectivity index (χ1) is 11.6. The lowest BCUT2D eigenvalue weighted by molar-refractivity contribution is 0.0952. The average Bonchev–Trinajstić information content (AvgIpc) is 2.90. The van der Waals surface area contributed by atoms with Crippen molar-refractivity contribution in [3.05, 3.63) is 59.9 Å². The van der Waals surface area contributed by atoms with Gasteiger partial charge in [0.2, 0.25) is 0 Å². The highest BCUT2D eigenvalue weighted by Gasteiger charge is 2.09. The van der Waals surface area contributed by atoms with Crippen LogP contribution in [-0.4, -0.2) is 36.1 Å². The predicted molar refractivity (Wildman–Crippen MR) is 97.6 cm³/mol. The Morgan fingerprint density at radius 2 is 1.96 bits per heavy atom. The van der Waals surface area contributed by atoms with Crippen molar-refractivity contribution in [3.8, 4) is 0 Å². The van der Waals surface area contributed by atoms with Crippen LogP contribution in [0.4, 0.5) is 5.69 Å². The molecule has 3 aromatic rings. The number of aryl methyl sites for hydroxylation is 1. The molecule has 3 rings (SSSR count). The highest BCUT2D eigenvalue weighted by atomic mass is 16.1. The van der Waals surface area contributed by atoms with Crippen molar-refractivity contribution in [1.29, 1.82) is 0 Å². The maximum atomic E-state index is 12.3. The molecule has 0 bridgehead atoms. The minimum absolute atomic E-state index is 0.0548. The highest BCUT2D eigenvalue weighted by Crippen LogP contribution is 2.15. The molecule has 0 saturated carbocycles. The average molecular weight is 322 g/mol. The van der Waals surface area contributed by atoms with E-state index in [1.807, 2.05) is 68.4 Å². The number of benzene rings is 2. The van der Waals surface area contributed by atoms with Crippen molar-refractivity contribution in [3.63, 3.8) is 0 Å². The first kappa shape index (κ1) is 16.1. The van der Waals surface area contributed by atoms with Gasteiger partial charge in [0, 0.05) is 38.4 Å². The molecule has 0 saturated heterocycles. The molecule has 2 aromatic carbocycles. The lowest BCUT2D eigenvalue weighted by Gasteiger charge is -2.14. The molecule has 1 amide bonds. The van der Waals surface area contributed by atoms with E-state index in [1.165, 1.54) is 0 Å². The van der Waals surface area contributed by atoms with Crippen molar-refractivity contribution in [2.45, 2.75) is 13.5 Å². The van der Waals surface area contributed by atoms with Crippen molar-refractivity contribution in [1.82, 2.24) is 14.9 Å². The van der Waals surface area contributed by atoms with Gasteiger partial charge in [0.15, 0.2) is 0 Å². The molecular weight excluding hydrogens is 300 g/mol. The standard InChI is InChI=1S/C19H22N4O/c1-14-21-17-9-4-5-10-18(17)23(14)12-11-20-19(24)15-7-6-8-16(13-15)22(2)3/h4-10,13H,11-12H2,1-3H3,(H,20,24). The number of hydrogen-bond acceptors (Lipinski definition) is 3. The van der Waals surface area contributed by atoms with Crippen LogP contribution in [0.25, 0.3) is 11.0 Å². The Balaban J connectivity index is 1.66. The Labute approximate surface area is 141 Å². The van der Waals surface area contributed by atoms with Crippen LogP contribution in [0.2, 0.25) is 0 Å². The van der Waals surface area contributed by atoms with E-state index in [1.54, 1.807) is 0 Å². The fourth-order valence-electron chi connectivity index (χ4n) is 2.79.